The van der Waals surface area contributed by atoms with Gasteiger partial charge in [-0.25, -0.2) is 4.39 Å². The Morgan fingerprint density at radius 1 is 1.50 bits per heavy atom. The Hall–Kier alpha value is -1.38. The van der Waals surface area contributed by atoms with Gasteiger partial charge < -0.3 is 4.90 Å². The van der Waals surface area contributed by atoms with E-state index in [1.807, 2.05) is 4.90 Å². The Morgan fingerprint density at radius 2 is 2.28 bits per heavy atom. The Balaban J connectivity index is 2.27. The summed E-state index contributed by atoms with van der Waals surface area (Å²) in [6, 6.07) is 4.95. The summed E-state index contributed by atoms with van der Waals surface area (Å²) in [5.74, 6) is -0.0545. The first-order valence-corrected chi connectivity index (χ1v) is 6.74. The van der Waals surface area contributed by atoms with Gasteiger partial charge >= 0.3 is 0 Å². The molecule has 0 fully saturated rings. The fraction of sp³-hybridized carbons (Fsp3) is 0.533. The van der Waals surface area contributed by atoms with Crippen LogP contribution in [0.15, 0.2) is 18.2 Å². The SMILES string of the molecule is CCCCC(=O)N1c2ccc(F)cc2CCC1C. The number of rotatable bonds is 3. The van der Waals surface area contributed by atoms with Crippen molar-refractivity contribution < 1.29 is 9.18 Å². The molecule has 1 aromatic rings. The molecule has 1 heterocycles. The normalized spacial score (nSPS) is 18.6. The number of unbranched alkanes of at least 4 members (excludes halogenated alkanes) is 1. The highest BCUT2D eigenvalue weighted by molar-refractivity contribution is 5.95. The van der Waals surface area contributed by atoms with Crippen molar-refractivity contribution in [2.45, 2.75) is 52.0 Å². The summed E-state index contributed by atoms with van der Waals surface area (Å²) >= 11 is 0. The summed E-state index contributed by atoms with van der Waals surface area (Å²) < 4.78 is 13.2. The van der Waals surface area contributed by atoms with Crippen LogP contribution in [0.2, 0.25) is 0 Å². The molecular weight excluding hydrogens is 229 g/mol. The summed E-state index contributed by atoms with van der Waals surface area (Å²) in [5.41, 5.74) is 1.86. The summed E-state index contributed by atoms with van der Waals surface area (Å²) in [6.45, 7) is 4.15. The first-order chi connectivity index (χ1) is 8.63. The van der Waals surface area contributed by atoms with Crippen LogP contribution in [0, 0.1) is 5.82 Å². The number of hydrogen-bond donors (Lipinski definition) is 0. The second-order valence-electron chi connectivity index (χ2n) is 5.03. The molecule has 0 radical (unpaired) electrons. The van der Waals surface area contributed by atoms with Gasteiger partial charge in [-0.15, -0.1) is 0 Å². The number of benzene rings is 1. The Labute approximate surface area is 108 Å². The molecule has 0 bridgehead atoms. The first kappa shape index (κ1) is 13.1. The van der Waals surface area contributed by atoms with Crippen LogP contribution >= 0.6 is 0 Å². The lowest BCUT2D eigenvalue weighted by Crippen LogP contribution is -2.42. The Bertz CT molecular complexity index is 444. The molecule has 0 saturated carbocycles. The molecular formula is C15H20FNO. The molecule has 3 heteroatoms. The van der Waals surface area contributed by atoms with E-state index in [1.54, 1.807) is 12.1 Å². The number of amides is 1. The second-order valence-corrected chi connectivity index (χ2v) is 5.03. The molecule has 2 nitrogen and oxygen atoms in total. The van der Waals surface area contributed by atoms with Gasteiger partial charge in [0.05, 0.1) is 0 Å². The number of anilines is 1. The lowest BCUT2D eigenvalue weighted by atomic mass is 9.96. The number of carbonyl (C=O) groups is 1. The Kier molecular flexibility index (Phi) is 4.00. The van der Waals surface area contributed by atoms with Gasteiger partial charge in [0.15, 0.2) is 0 Å². The topological polar surface area (TPSA) is 20.3 Å². The van der Waals surface area contributed by atoms with Crippen LogP contribution in [0.1, 0.15) is 45.1 Å². The summed E-state index contributed by atoms with van der Waals surface area (Å²) in [6.07, 6.45) is 4.28. The number of fused-ring (bicyclic) bond motifs is 1. The number of nitrogens with zero attached hydrogens (tertiary/aromatic N) is 1. The van der Waals surface area contributed by atoms with E-state index in [2.05, 4.69) is 13.8 Å². The maximum Gasteiger partial charge on any atom is 0.227 e. The van der Waals surface area contributed by atoms with Gasteiger partial charge in [-0.05, 0) is 49.9 Å². The third kappa shape index (κ3) is 2.55. The van der Waals surface area contributed by atoms with E-state index in [0.717, 1.165) is 36.9 Å². The minimum atomic E-state index is -0.218. The predicted octanol–water partition coefficient (Wildman–Crippen LogP) is 3.68. The van der Waals surface area contributed by atoms with Gasteiger partial charge in [-0.1, -0.05) is 13.3 Å². The molecule has 98 valence electrons. The van der Waals surface area contributed by atoms with Gasteiger partial charge in [0.1, 0.15) is 5.82 Å². The molecule has 0 aliphatic carbocycles. The third-order valence-electron chi connectivity index (χ3n) is 3.59. The molecule has 1 unspecified atom stereocenters. The molecule has 1 atom stereocenters. The largest absolute Gasteiger partial charge is 0.309 e. The third-order valence-corrected chi connectivity index (χ3v) is 3.59. The Morgan fingerprint density at radius 3 is 3.00 bits per heavy atom. The van der Waals surface area contributed by atoms with Gasteiger partial charge in [0, 0.05) is 18.2 Å². The van der Waals surface area contributed by atoms with Gasteiger partial charge in [-0.2, -0.15) is 0 Å². The van der Waals surface area contributed by atoms with Crippen molar-refractivity contribution in [3.05, 3.63) is 29.6 Å². The van der Waals surface area contributed by atoms with Gasteiger partial charge in [0.25, 0.3) is 0 Å². The molecule has 1 aromatic carbocycles. The molecule has 1 amide bonds. The van der Waals surface area contributed by atoms with Crippen LogP contribution in [0.4, 0.5) is 10.1 Å². The standard InChI is InChI=1S/C15H20FNO/c1-3-4-5-15(18)17-11(2)6-7-12-10-13(16)8-9-14(12)17/h8-11H,3-7H2,1-2H3. The second kappa shape index (κ2) is 5.51. The number of halogens is 1. The van der Waals surface area contributed by atoms with Crippen LogP contribution in [0.25, 0.3) is 0 Å². The van der Waals surface area contributed by atoms with Crippen LogP contribution in [-0.4, -0.2) is 11.9 Å². The van der Waals surface area contributed by atoms with E-state index in [1.165, 1.54) is 6.07 Å². The van der Waals surface area contributed by atoms with Crippen LogP contribution < -0.4 is 4.90 Å². The maximum absolute atomic E-state index is 13.2. The first-order valence-electron chi connectivity index (χ1n) is 6.74. The van der Waals surface area contributed by atoms with Crippen molar-refractivity contribution in [3.63, 3.8) is 0 Å². The van der Waals surface area contributed by atoms with Crippen molar-refractivity contribution in [1.29, 1.82) is 0 Å². The van der Waals surface area contributed by atoms with E-state index < -0.39 is 0 Å². The van der Waals surface area contributed by atoms with Gasteiger partial charge in [-0.3, -0.25) is 4.79 Å². The number of aryl methyl sites for hydroxylation is 1. The smallest absolute Gasteiger partial charge is 0.227 e. The quantitative estimate of drug-likeness (QED) is 0.800. The highest BCUT2D eigenvalue weighted by atomic mass is 19.1. The monoisotopic (exact) mass is 249 g/mol. The van der Waals surface area contributed by atoms with Crippen LogP contribution in [0.3, 0.4) is 0 Å². The van der Waals surface area contributed by atoms with Crippen LogP contribution in [-0.2, 0) is 11.2 Å². The molecule has 0 aromatic heterocycles. The van der Waals surface area contributed by atoms with E-state index in [0.29, 0.717) is 6.42 Å². The van der Waals surface area contributed by atoms with Crippen molar-refractivity contribution in [2.75, 3.05) is 4.90 Å². The maximum atomic E-state index is 13.2. The molecule has 2 rings (SSSR count). The summed E-state index contributed by atoms with van der Waals surface area (Å²) in [7, 11) is 0. The summed E-state index contributed by atoms with van der Waals surface area (Å²) in [4.78, 5) is 14.1. The molecule has 18 heavy (non-hydrogen) atoms. The lowest BCUT2D eigenvalue weighted by Gasteiger charge is -2.35. The zero-order valence-corrected chi connectivity index (χ0v) is 11.1. The van der Waals surface area contributed by atoms with Crippen LogP contribution in [0.5, 0.6) is 0 Å². The molecule has 0 spiro atoms. The van der Waals surface area contributed by atoms with E-state index >= 15 is 0 Å². The lowest BCUT2D eigenvalue weighted by molar-refractivity contribution is -0.119. The van der Waals surface area contributed by atoms with Crippen molar-refractivity contribution in [3.8, 4) is 0 Å². The highest BCUT2D eigenvalue weighted by Crippen LogP contribution is 2.31. The van der Waals surface area contributed by atoms with Crippen molar-refractivity contribution in [2.24, 2.45) is 0 Å². The van der Waals surface area contributed by atoms with E-state index in [9.17, 15) is 9.18 Å². The molecule has 0 saturated heterocycles. The highest BCUT2D eigenvalue weighted by Gasteiger charge is 2.27. The van der Waals surface area contributed by atoms with Crippen molar-refractivity contribution >= 4 is 11.6 Å². The molecule has 1 aliphatic heterocycles. The minimum Gasteiger partial charge on any atom is -0.309 e. The van der Waals surface area contributed by atoms with Crippen molar-refractivity contribution in [1.82, 2.24) is 0 Å². The zero-order valence-electron chi connectivity index (χ0n) is 11.1. The number of hydrogen-bond acceptors (Lipinski definition) is 1. The summed E-state index contributed by atoms with van der Waals surface area (Å²) in [5, 5.41) is 0. The zero-order chi connectivity index (χ0) is 13.1. The minimum absolute atomic E-state index is 0.164. The fourth-order valence-corrected chi connectivity index (χ4v) is 2.55. The average Bonchev–Trinajstić information content (AvgIpc) is 2.36. The molecule has 1 aliphatic rings. The molecule has 0 N–H and O–H groups in total. The van der Waals surface area contributed by atoms with E-state index in [-0.39, 0.29) is 17.8 Å². The predicted molar refractivity (Wildman–Crippen MR) is 71.2 cm³/mol. The van der Waals surface area contributed by atoms with Gasteiger partial charge in [0.2, 0.25) is 5.91 Å². The number of carbonyl (C=O) groups excluding carboxylic acids is 1. The fourth-order valence-electron chi connectivity index (χ4n) is 2.55. The van der Waals surface area contributed by atoms with E-state index in [4.69, 9.17) is 0 Å². The average molecular weight is 249 g/mol.